The van der Waals surface area contributed by atoms with E-state index in [0.717, 1.165) is 0 Å². The number of nitrogens with one attached hydrogen (secondary N) is 2. The third-order valence-electron chi connectivity index (χ3n) is 2.74. The van der Waals surface area contributed by atoms with Crippen LogP contribution in [0.1, 0.15) is 5.76 Å². The molecule has 0 bridgehead atoms. The van der Waals surface area contributed by atoms with Crippen molar-refractivity contribution in [2.75, 3.05) is 13.2 Å². The van der Waals surface area contributed by atoms with Crippen LogP contribution in [-0.4, -0.2) is 25.0 Å². The predicted molar refractivity (Wildman–Crippen MR) is 83.2 cm³/mol. The van der Waals surface area contributed by atoms with Crippen molar-refractivity contribution in [2.24, 2.45) is 0 Å². The van der Waals surface area contributed by atoms with Gasteiger partial charge in [0.25, 0.3) is 5.91 Å². The number of halogens is 2. The Morgan fingerprint density at radius 2 is 2.04 bits per heavy atom. The number of carbonyl (C=O) groups is 2. The van der Waals surface area contributed by atoms with Crippen LogP contribution in [0.15, 0.2) is 45.5 Å². The highest BCUT2D eigenvalue weighted by Crippen LogP contribution is 2.21. The van der Waals surface area contributed by atoms with E-state index in [1.165, 1.54) is 18.4 Å². The summed E-state index contributed by atoms with van der Waals surface area (Å²) in [7, 11) is 0. The lowest BCUT2D eigenvalue weighted by Gasteiger charge is -2.08. The smallest absolute Gasteiger partial charge is 0.258 e. The van der Waals surface area contributed by atoms with Crippen molar-refractivity contribution in [3.05, 3.63) is 52.6 Å². The first-order valence-electron chi connectivity index (χ1n) is 6.68. The van der Waals surface area contributed by atoms with E-state index in [1.54, 1.807) is 18.2 Å². The van der Waals surface area contributed by atoms with Crippen molar-refractivity contribution < 1.29 is 23.1 Å². The van der Waals surface area contributed by atoms with Gasteiger partial charge >= 0.3 is 0 Å². The van der Waals surface area contributed by atoms with Crippen LogP contribution in [0.2, 0.25) is 0 Å². The topological polar surface area (TPSA) is 80.6 Å². The van der Waals surface area contributed by atoms with Crippen molar-refractivity contribution in [3.8, 4) is 5.75 Å². The summed E-state index contributed by atoms with van der Waals surface area (Å²) in [4.78, 5) is 23.1. The van der Waals surface area contributed by atoms with Gasteiger partial charge in [-0.1, -0.05) is 15.9 Å². The normalized spacial score (nSPS) is 10.2. The Hall–Kier alpha value is -2.35. The molecule has 0 saturated heterocycles. The molecule has 2 amide bonds. The Morgan fingerprint density at radius 1 is 1.22 bits per heavy atom. The molecule has 0 aliphatic heterocycles. The molecule has 6 nitrogen and oxygen atoms in total. The van der Waals surface area contributed by atoms with E-state index >= 15 is 0 Å². The lowest BCUT2D eigenvalue weighted by molar-refractivity contribution is -0.127. The maximum Gasteiger partial charge on any atom is 0.258 e. The lowest BCUT2D eigenvalue weighted by Crippen LogP contribution is -2.38. The Kier molecular flexibility index (Phi) is 6.16. The van der Waals surface area contributed by atoms with Gasteiger partial charge < -0.3 is 19.8 Å². The summed E-state index contributed by atoms with van der Waals surface area (Å²) in [6, 6.07) is 7.66. The molecule has 0 fully saturated rings. The van der Waals surface area contributed by atoms with Crippen LogP contribution in [0.4, 0.5) is 4.39 Å². The molecule has 23 heavy (non-hydrogen) atoms. The first-order valence-corrected chi connectivity index (χ1v) is 7.47. The van der Waals surface area contributed by atoms with Crippen molar-refractivity contribution in [3.63, 3.8) is 0 Å². The highest BCUT2D eigenvalue weighted by molar-refractivity contribution is 9.10. The first kappa shape index (κ1) is 17.0. The maximum atomic E-state index is 13.5. The second kappa shape index (κ2) is 8.33. The SMILES string of the molecule is O=C(CNC(=O)COc1ccc(Br)cc1F)NCc1ccco1. The molecular weight excluding hydrogens is 371 g/mol. The quantitative estimate of drug-likeness (QED) is 0.764. The lowest BCUT2D eigenvalue weighted by atomic mass is 10.3. The van der Waals surface area contributed by atoms with Gasteiger partial charge in [0.2, 0.25) is 5.91 Å². The minimum Gasteiger partial charge on any atom is -0.481 e. The number of carbonyl (C=O) groups excluding carboxylic acids is 2. The molecule has 1 aromatic heterocycles. The minimum absolute atomic E-state index is 0.0365. The van der Waals surface area contributed by atoms with E-state index < -0.39 is 11.7 Å². The van der Waals surface area contributed by atoms with Crippen LogP contribution >= 0.6 is 15.9 Å². The molecule has 122 valence electrons. The Balaban J connectivity index is 1.67. The number of hydrogen-bond donors (Lipinski definition) is 2. The molecule has 2 aromatic rings. The highest BCUT2D eigenvalue weighted by Gasteiger charge is 2.09. The van der Waals surface area contributed by atoms with E-state index in [1.807, 2.05) is 0 Å². The van der Waals surface area contributed by atoms with E-state index in [4.69, 9.17) is 9.15 Å². The zero-order valence-corrected chi connectivity index (χ0v) is 13.6. The Labute approximate surface area is 140 Å². The number of amides is 2. The molecule has 0 spiro atoms. The van der Waals surface area contributed by atoms with Crippen molar-refractivity contribution in [1.29, 1.82) is 0 Å². The second-order valence-corrected chi connectivity index (χ2v) is 5.41. The summed E-state index contributed by atoms with van der Waals surface area (Å²) in [6.07, 6.45) is 1.50. The van der Waals surface area contributed by atoms with Gasteiger partial charge in [0.05, 0.1) is 19.4 Å². The maximum absolute atomic E-state index is 13.5. The van der Waals surface area contributed by atoms with Gasteiger partial charge in [0.1, 0.15) is 5.76 Å². The molecule has 0 atom stereocenters. The molecule has 0 unspecified atom stereocenters. The average Bonchev–Trinajstić information content (AvgIpc) is 3.03. The third kappa shape index (κ3) is 5.74. The molecule has 0 saturated carbocycles. The predicted octanol–water partition coefficient (Wildman–Crippen LogP) is 1.99. The fraction of sp³-hybridized carbons (Fsp3) is 0.200. The Morgan fingerprint density at radius 3 is 2.74 bits per heavy atom. The number of rotatable bonds is 7. The largest absolute Gasteiger partial charge is 0.481 e. The molecule has 0 aliphatic rings. The van der Waals surface area contributed by atoms with E-state index in [9.17, 15) is 14.0 Å². The number of benzene rings is 1. The van der Waals surface area contributed by atoms with E-state index in [2.05, 4.69) is 26.6 Å². The summed E-state index contributed by atoms with van der Waals surface area (Å²) >= 11 is 3.12. The van der Waals surface area contributed by atoms with Gasteiger partial charge in [-0.25, -0.2) is 4.39 Å². The van der Waals surface area contributed by atoms with Crippen LogP contribution in [0, 0.1) is 5.82 Å². The van der Waals surface area contributed by atoms with E-state index in [-0.39, 0.29) is 31.4 Å². The minimum atomic E-state index is -0.580. The number of ether oxygens (including phenoxy) is 1. The van der Waals surface area contributed by atoms with Crippen molar-refractivity contribution >= 4 is 27.7 Å². The zero-order chi connectivity index (χ0) is 16.7. The summed E-state index contributed by atoms with van der Waals surface area (Å²) < 4.78 is 24.2. The van der Waals surface area contributed by atoms with Gasteiger partial charge in [0.15, 0.2) is 18.2 Å². The molecule has 1 aromatic carbocycles. The van der Waals surface area contributed by atoms with Crippen LogP contribution in [0.25, 0.3) is 0 Å². The van der Waals surface area contributed by atoms with Crippen LogP contribution in [0.3, 0.4) is 0 Å². The zero-order valence-electron chi connectivity index (χ0n) is 12.0. The van der Waals surface area contributed by atoms with Gasteiger partial charge in [-0.05, 0) is 30.3 Å². The summed E-state index contributed by atoms with van der Waals surface area (Å²) in [5.74, 6) is -0.905. The van der Waals surface area contributed by atoms with Gasteiger partial charge in [-0.3, -0.25) is 9.59 Å². The average molecular weight is 385 g/mol. The van der Waals surface area contributed by atoms with Gasteiger partial charge in [0, 0.05) is 4.47 Å². The van der Waals surface area contributed by atoms with Gasteiger partial charge in [-0.15, -0.1) is 0 Å². The third-order valence-corrected chi connectivity index (χ3v) is 3.23. The molecule has 2 rings (SSSR count). The second-order valence-electron chi connectivity index (χ2n) is 4.50. The molecule has 2 N–H and O–H groups in total. The van der Waals surface area contributed by atoms with Crippen LogP contribution in [-0.2, 0) is 16.1 Å². The fourth-order valence-electron chi connectivity index (χ4n) is 1.63. The molecule has 0 aliphatic carbocycles. The molecule has 0 radical (unpaired) electrons. The monoisotopic (exact) mass is 384 g/mol. The fourth-order valence-corrected chi connectivity index (χ4v) is 1.96. The van der Waals surface area contributed by atoms with Crippen molar-refractivity contribution in [2.45, 2.75) is 6.54 Å². The number of furan rings is 1. The highest BCUT2D eigenvalue weighted by atomic mass is 79.9. The van der Waals surface area contributed by atoms with Gasteiger partial charge in [-0.2, -0.15) is 0 Å². The standard InChI is InChI=1S/C15H14BrFN2O4/c16-10-3-4-13(12(17)6-10)23-9-15(21)19-8-14(20)18-7-11-2-1-5-22-11/h1-6H,7-9H2,(H,18,20)(H,19,21). The number of hydrogen-bond acceptors (Lipinski definition) is 4. The van der Waals surface area contributed by atoms with Crippen molar-refractivity contribution in [1.82, 2.24) is 10.6 Å². The Bertz CT molecular complexity index is 676. The summed E-state index contributed by atoms with van der Waals surface area (Å²) in [5, 5.41) is 4.95. The molecule has 1 heterocycles. The molecular formula is C15H14BrFN2O4. The van der Waals surface area contributed by atoms with Crippen LogP contribution < -0.4 is 15.4 Å². The molecule has 8 heteroatoms. The van der Waals surface area contributed by atoms with E-state index in [0.29, 0.717) is 10.2 Å². The van der Waals surface area contributed by atoms with Crippen LogP contribution in [0.5, 0.6) is 5.75 Å². The summed E-state index contributed by atoms with van der Waals surface area (Å²) in [6.45, 7) is -0.349. The summed E-state index contributed by atoms with van der Waals surface area (Å²) in [5.41, 5.74) is 0. The first-order chi connectivity index (χ1) is 11.0.